The van der Waals surface area contributed by atoms with E-state index in [4.69, 9.17) is 14.0 Å². The van der Waals surface area contributed by atoms with Crippen molar-refractivity contribution < 1.29 is 37.4 Å². The molecule has 1 aromatic carbocycles. The molecule has 0 radical (unpaired) electrons. The number of halogens is 3. The average molecular weight is 436 g/mol. The summed E-state index contributed by atoms with van der Waals surface area (Å²) < 4.78 is 55.7. The predicted molar refractivity (Wildman–Crippen MR) is 101 cm³/mol. The van der Waals surface area contributed by atoms with Crippen LogP contribution >= 0.6 is 0 Å². The number of hydrogen-bond donors (Lipinski definition) is 2. The Morgan fingerprint density at radius 3 is 2.45 bits per heavy atom. The Hall–Kier alpha value is -2.95. The summed E-state index contributed by atoms with van der Waals surface area (Å²) in [6, 6.07) is 13.9. The second-order valence-electron chi connectivity index (χ2n) is 7.16. The van der Waals surface area contributed by atoms with E-state index in [2.05, 4.69) is 10.1 Å². The number of aliphatic hydroxyl groups excluding tert-OH is 2. The van der Waals surface area contributed by atoms with Gasteiger partial charge in [0.15, 0.2) is 18.0 Å². The largest absolute Gasteiger partial charge is 0.468 e. The van der Waals surface area contributed by atoms with Gasteiger partial charge in [0.2, 0.25) is 5.88 Å². The van der Waals surface area contributed by atoms with Crippen molar-refractivity contribution in [3.63, 3.8) is 0 Å². The van der Waals surface area contributed by atoms with Crippen LogP contribution in [0.2, 0.25) is 0 Å². The van der Waals surface area contributed by atoms with Crippen molar-refractivity contribution in [1.82, 2.24) is 10.1 Å². The molecule has 7 nitrogen and oxygen atoms in total. The number of alkyl halides is 3. The van der Waals surface area contributed by atoms with E-state index in [0.29, 0.717) is 5.69 Å². The zero-order valence-corrected chi connectivity index (χ0v) is 16.2. The number of rotatable bonds is 4. The van der Waals surface area contributed by atoms with E-state index in [-0.39, 0.29) is 11.6 Å². The van der Waals surface area contributed by atoms with E-state index in [1.807, 2.05) is 30.3 Å². The van der Waals surface area contributed by atoms with Gasteiger partial charge in [0.25, 0.3) is 0 Å². The normalized spacial score (nSPS) is 26.6. The van der Waals surface area contributed by atoms with Crippen molar-refractivity contribution in [3.8, 4) is 17.1 Å². The Labute approximate surface area is 175 Å². The number of hydrogen-bond acceptors (Lipinski definition) is 7. The van der Waals surface area contributed by atoms with Crippen LogP contribution in [-0.4, -0.2) is 44.8 Å². The van der Waals surface area contributed by atoms with Crippen molar-refractivity contribution in [2.24, 2.45) is 0 Å². The fourth-order valence-corrected chi connectivity index (χ4v) is 3.35. The molecule has 1 saturated heterocycles. The third kappa shape index (κ3) is 4.41. The Bertz CT molecular complexity index is 1030. The summed E-state index contributed by atoms with van der Waals surface area (Å²) in [5, 5.41) is 24.8. The number of ether oxygens (including phenoxy) is 2. The Morgan fingerprint density at radius 2 is 1.74 bits per heavy atom. The molecule has 2 aromatic heterocycles. The smallest absolute Gasteiger partial charge is 0.433 e. The Kier molecular flexibility index (Phi) is 5.69. The van der Waals surface area contributed by atoms with Crippen LogP contribution in [-0.2, 0) is 10.9 Å². The molecular weight excluding hydrogens is 417 g/mol. The highest BCUT2D eigenvalue weighted by Crippen LogP contribution is 2.37. The van der Waals surface area contributed by atoms with Crippen LogP contribution in [0, 0.1) is 0 Å². The van der Waals surface area contributed by atoms with E-state index in [1.165, 1.54) is 6.07 Å². The van der Waals surface area contributed by atoms with Gasteiger partial charge < -0.3 is 24.2 Å². The standard InChI is InChI=1S/C21H19F3N2O5/c1-11-17(27)18(28)20(30-16-9-5-8-15(25-16)21(22,23)24)19(29-11)14-10-13(26-31-14)12-6-3-2-4-7-12/h2-11,17-20,27-28H,1H3/t11-,17+,18+,19-,20-/m1/s1. The van der Waals surface area contributed by atoms with Gasteiger partial charge in [0.1, 0.15) is 23.6 Å². The molecule has 1 aliphatic heterocycles. The van der Waals surface area contributed by atoms with Crippen LogP contribution in [0.15, 0.2) is 59.1 Å². The van der Waals surface area contributed by atoms with E-state index in [1.54, 1.807) is 13.0 Å². The van der Waals surface area contributed by atoms with Crippen LogP contribution in [0.25, 0.3) is 11.3 Å². The zero-order chi connectivity index (χ0) is 22.2. The van der Waals surface area contributed by atoms with Gasteiger partial charge in [-0.2, -0.15) is 13.2 Å². The van der Waals surface area contributed by atoms with E-state index >= 15 is 0 Å². The number of pyridine rings is 1. The van der Waals surface area contributed by atoms with Gasteiger partial charge >= 0.3 is 6.18 Å². The summed E-state index contributed by atoms with van der Waals surface area (Å²) >= 11 is 0. The van der Waals surface area contributed by atoms with Crippen molar-refractivity contribution >= 4 is 0 Å². The van der Waals surface area contributed by atoms with Crippen LogP contribution in [0.3, 0.4) is 0 Å². The third-order valence-electron chi connectivity index (χ3n) is 4.98. The predicted octanol–water partition coefficient (Wildman–Crippen LogP) is 3.38. The minimum atomic E-state index is -4.66. The van der Waals surface area contributed by atoms with Gasteiger partial charge in [-0.1, -0.05) is 41.6 Å². The summed E-state index contributed by atoms with van der Waals surface area (Å²) in [4.78, 5) is 3.46. The number of nitrogens with zero attached hydrogens (tertiary/aromatic N) is 2. The molecule has 1 fully saturated rings. The highest BCUT2D eigenvalue weighted by molar-refractivity contribution is 5.58. The molecule has 164 valence electrons. The van der Waals surface area contributed by atoms with E-state index < -0.39 is 42.4 Å². The highest BCUT2D eigenvalue weighted by Gasteiger charge is 2.47. The average Bonchev–Trinajstić information content (AvgIpc) is 3.24. The first kappa shape index (κ1) is 21.3. The first-order chi connectivity index (χ1) is 14.7. The second-order valence-corrected chi connectivity index (χ2v) is 7.16. The molecule has 0 spiro atoms. The Morgan fingerprint density at radius 1 is 1.00 bits per heavy atom. The first-order valence-electron chi connectivity index (χ1n) is 9.48. The Balaban J connectivity index is 1.65. The van der Waals surface area contributed by atoms with Gasteiger partial charge in [-0.25, -0.2) is 4.98 Å². The first-order valence-corrected chi connectivity index (χ1v) is 9.48. The van der Waals surface area contributed by atoms with E-state index in [0.717, 1.165) is 17.7 Å². The molecule has 0 saturated carbocycles. The number of aromatic nitrogens is 2. The van der Waals surface area contributed by atoms with Crippen molar-refractivity contribution in [3.05, 3.63) is 66.1 Å². The zero-order valence-electron chi connectivity index (χ0n) is 16.2. The maximum atomic E-state index is 13.0. The molecule has 0 unspecified atom stereocenters. The molecular formula is C21H19F3N2O5. The molecule has 1 aliphatic rings. The van der Waals surface area contributed by atoms with Crippen LogP contribution in [0.5, 0.6) is 5.88 Å². The molecule has 3 heterocycles. The quantitative estimate of drug-likeness (QED) is 0.647. The lowest BCUT2D eigenvalue weighted by molar-refractivity contribution is -0.217. The van der Waals surface area contributed by atoms with Crippen molar-refractivity contribution in [2.75, 3.05) is 0 Å². The van der Waals surface area contributed by atoms with Gasteiger partial charge in [0.05, 0.1) is 6.10 Å². The van der Waals surface area contributed by atoms with Gasteiger partial charge in [0, 0.05) is 17.7 Å². The molecule has 0 bridgehead atoms. The summed E-state index contributed by atoms with van der Waals surface area (Å²) in [6.45, 7) is 1.55. The maximum Gasteiger partial charge on any atom is 0.433 e. The fourth-order valence-electron chi connectivity index (χ4n) is 3.35. The monoisotopic (exact) mass is 436 g/mol. The number of aliphatic hydroxyl groups is 2. The van der Waals surface area contributed by atoms with Gasteiger partial charge in [-0.15, -0.1) is 0 Å². The molecule has 5 atom stereocenters. The van der Waals surface area contributed by atoms with Crippen molar-refractivity contribution in [1.29, 1.82) is 0 Å². The molecule has 10 heteroatoms. The summed E-state index contributed by atoms with van der Waals surface area (Å²) in [5.74, 6) is -0.189. The SMILES string of the molecule is C[C@H]1O[C@H](c2cc(-c3ccccc3)no2)[C@H](Oc2cccc(C(F)(F)F)n2)[C@@H](O)[C@H]1O. The lowest BCUT2D eigenvalue weighted by atomic mass is 9.94. The summed E-state index contributed by atoms with van der Waals surface area (Å²) in [7, 11) is 0. The van der Waals surface area contributed by atoms with Crippen LogP contribution in [0.1, 0.15) is 24.5 Å². The topological polar surface area (TPSA) is 97.8 Å². The van der Waals surface area contributed by atoms with E-state index in [9.17, 15) is 23.4 Å². The lowest BCUT2D eigenvalue weighted by Gasteiger charge is -2.40. The third-order valence-corrected chi connectivity index (χ3v) is 4.98. The van der Waals surface area contributed by atoms with Gasteiger partial charge in [-0.05, 0) is 13.0 Å². The molecule has 3 aromatic rings. The molecule has 2 N–H and O–H groups in total. The van der Waals surface area contributed by atoms with Crippen LogP contribution in [0.4, 0.5) is 13.2 Å². The van der Waals surface area contributed by atoms with Gasteiger partial charge in [-0.3, -0.25) is 0 Å². The summed E-state index contributed by atoms with van der Waals surface area (Å²) in [5.41, 5.74) is 0.134. The maximum absolute atomic E-state index is 13.0. The molecule has 0 aliphatic carbocycles. The molecule has 0 amide bonds. The second kappa shape index (κ2) is 8.29. The summed E-state index contributed by atoms with van der Waals surface area (Å²) in [6.07, 6.45) is -10.6. The lowest BCUT2D eigenvalue weighted by Crippen LogP contribution is -2.55. The fraction of sp³-hybridized carbons (Fsp3) is 0.333. The van der Waals surface area contributed by atoms with Crippen LogP contribution < -0.4 is 4.74 Å². The minimum absolute atomic E-state index is 0.189. The highest BCUT2D eigenvalue weighted by atomic mass is 19.4. The number of benzene rings is 1. The molecule has 4 rings (SSSR count). The molecule has 31 heavy (non-hydrogen) atoms. The minimum Gasteiger partial charge on any atom is -0.468 e. The van der Waals surface area contributed by atoms with Crippen molar-refractivity contribution in [2.45, 2.75) is 43.6 Å².